The second-order valence-corrected chi connectivity index (χ2v) is 10.5. The van der Waals surface area contributed by atoms with Gasteiger partial charge in [0.15, 0.2) is 0 Å². The molecule has 2 amide bonds. The Hall–Kier alpha value is -4.22. The third kappa shape index (κ3) is 7.92. The summed E-state index contributed by atoms with van der Waals surface area (Å²) in [6.45, 7) is 0.830. The van der Waals surface area contributed by atoms with E-state index >= 15 is 0 Å². The highest BCUT2D eigenvalue weighted by molar-refractivity contribution is 5.69. The minimum absolute atomic E-state index is 0.00429. The summed E-state index contributed by atoms with van der Waals surface area (Å²) in [6, 6.07) is 12.5. The summed E-state index contributed by atoms with van der Waals surface area (Å²) in [5, 5.41) is 22.5. The monoisotopic (exact) mass is 568 g/mol. The molecular formula is C29H36N4O8. The van der Waals surface area contributed by atoms with Gasteiger partial charge in [0.05, 0.1) is 21.0 Å². The molecule has 2 unspecified atom stereocenters. The molecule has 2 saturated heterocycles. The number of amides is 2. The zero-order valence-corrected chi connectivity index (χ0v) is 23.0. The van der Waals surface area contributed by atoms with Gasteiger partial charge in [0.2, 0.25) is 0 Å². The molecule has 0 spiro atoms. The molecule has 2 heterocycles. The van der Waals surface area contributed by atoms with E-state index in [1.807, 2.05) is 0 Å². The van der Waals surface area contributed by atoms with Gasteiger partial charge in [0.25, 0.3) is 11.4 Å². The van der Waals surface area contributed by atoms with Crippen molar-refractivity contribution in [3.05, 3.63) is 79.9 Å². The van der Waals surface area contributed by atoms with Crippen LogP contribution in [0.3, 0.4) is 0 Å². The van der Waals surface area contributed by atoms with Gasteiger partial charge in [-0.3, -0.25) is 20.2 Å². The van der Waals surface area contributed by atoms with E-state index in [2.05, 4.69) is 0 Å². The van der Waals surface area contributed by atoms with Gasteiger partial charge in [-0.2, -0.15) is 0 Å². The molecule has 2 aromatic carbocycles. The number of ether oxygens (including phenoxy) is 2. The van der Waals surface area contributed by atoms with Crippen LogP contribution in [0.5, 0.6) is 0 Å². The molecule has 0 bridgehead atoms. The minimum atomic E-state index is -0.483. The molecule has 41 heavy (non-hydrogen) atoms. The average Bonchev–Trinajstić information content (AvgIpc) is 2.99. The van der Waals surface area contributed by atoms with E-state index in [4.69, 9.17) is 9.47 Å². The van der Waals surface area contributed by atoms with Gasteiger partial charge < -0.3 is 19.3 Å². The molecule has 2 atom stereocenters. The first-order chi connectivity index (χ1) is 19.8. The molecule has 2 aromatic rings. The fourth-order valence-electron chi connectivity index (χ4n) is 5.74. The summed E-state index contributed by atoms with van der Waals surface area (Å²) in [7, 11) is 0. The van der Waals surface area contributed by atoms with E-state index in [-0.39, 0.29) is 36.7 Å². The van der Waals surface area contributed by atoms with Crippen LogP contribution in [0.25, 0.3) is 0 Å². The van der Waals surface area contributed by atoms with Gasteiger partial charge in [-0.25, -0.2) is 9.59 Å². The maximum atomic E-state index is 12.9. The van der Waals surface area contributed by atoms with Crippen LogP contribution < -0.4 is 0 Å². The normalized spacial score (nSPS) is 18.9. The first-order valence-electron chi connectivity index (χ1n) is 14.2. The van der Waals surface area contributed by atoms with Crippen molar-refractivity contribution in [2.45, 2.75) is 83.1 Å². The lowest BCUT2D eigenvalue weighted by Gasteiger charge is -2.37. The van der Waals surface area contributed by atoms with E-state index in [0.717, 1.165) is 57.8 Å². The van der Waals surface area contributed by atoms with Crippen molar-refractivity contribution < 1.29 is 28.9 Å². The lowest BCUT2D eigenvalue weighted by atomic mass is 9.93. The molecule has 0 N–H and O–H groups in total. The number of likely N-dealkylation sites (tertiary alicyclic amines) is 2. The van der Waals surface area contributed by atoms with Gasteiger partial charge in [-0.15, -0.1) is 0 Å². The summed E-state index contributed by atoms with van der Waals surface area (Å²) < 4.78 is 11.0. The van der Waals surface area contributed by atoms with E-state index in [1.54, 1.807) is 46.2 Å². The molecule has 0 saturated carbocycles. The van der Waals surface area contributed by atoms with Crippen LogP contribution in [0, 0.1) is 20.2 Å². The molecule has 0 radical (unpaired) electrons. The van der Waals surface area contributed by atoms with Crippen LogP contribution in [-0.2, 0) is 22.7 Å². The number of nitro groups is 2. The summed E-state index contributed by atoms with van der Waals surface area (Å²) in [5.41, 5.74) is 0.553. The predicted molar refractivity (Wildman–Crippen MR) is 149 cm³/mol. The van der Waals surface area contributed by atoms with E-state index < -0.39 is 22.0 Å². The third-order valence-electron chi connectivity index (χ3n) is 7.88. The average molecular weight is 569 g/mol. The molecule has 0 aromatic heterocycles. The zero-order valence-electron chi connectivity index (χ0n) is 23.0. The lowest BCUT2D eigenvalue weighted by molar-refractivity contribution is -0.386. The Kier molecular flexibility index (Phi) is 10.5. The van der Waals surface area contributed by atoms with E-state index in [9.17, 15) is 29.8 Å². The highest BCUT2D eigenvalue weighted by Crippen LogP contribution is 2.28. The van der Waals surface area contributed by atoms with Crippen molar-refractivity contribution in [1.29, 1.82) is 0 Å². The number of benzene rings is 2. The molecule has 12 nitrogen and oxygen atoms in total. The predicted octanol–water partition coefficient (Wildman–Crippen LogP) is 6.36. The number of para-hydroxylation sites is 2. The van der Waals surface area contributed by atoms with Gasteiger partial charge in [0, 0.05) is 37.3 Å². The van der Waals surface area contributed by atoms with Gasteiger partial charge in [0.1, 0.15) is 13.2 Å². The Balaban J connectivity index is 1.28. The molecule has 12 heteroatoms. The Morgan fingerprint density at radius 2 is 1.12 bits per heavy atom. The lowest BCUT2D eigenvalue weighted by Crippen LogP contribution is -2.45. The van der Waals surface area contributed by atoms with Crippen molar-refractivity contribution in [3.63, 3.8) is 0 Å². The number of hydrogen-bond donors (Lipinski definition) is 0. The van der Waals surface area contributed by atoms with Crippen molar-refractivity contribution in [2.75, 3.05) is 13.1 Å². The molecule has 0 aliphatic carbocycles. The highest BCUT2D eigenvalue weighted by atomic mass is 16.6. The molecular weight excluding hydrogens is 532 g/mol. The van der Waals surface area contributed by atoms with Gasteiger partial charge in [-0.1, -0.05) is 24.3 Å². The van der Waals surface area contributed by atoms with Crippen LogP contribution in [0.15, 0.2) is 48.5 Å². The van der Waals surface area contributed by atoms with Crippen molar-refractivity contribution in [1.82, 2.24) is 9.80 Å². The number of carbonyl (C=O) groups is 2. The zero-order chi connectivity index (χ0) is 29.2. The topological polar surface area (TPSA) is 145 Å². The minimum Gasteiger partial charge on any atom is -0.444 e. The first-order valence-corrected chi connectivity index (χ1v) is 14.2. The number of hydrogen-bond acceptors (Lipinski definition) is 8. The fourth-order valence-corrected chi connectivity index (χ4v) is 5.74. The third-order valence-corrected chi connectivity index (χ3v) is 7.88. The van der Waals surface area contributed by atoms with Crippen LogP contribution >= 0.6 is 0 Å². The Bertz CT molecular complexity index is 1150. The number of carbonyl (C=O) groups excluding carboxylic acids is 2. The molecule has 220 valence electrons. The number of nitro benzene ring substituents is 2. The molecule has 2 aliphatic rings. The smallest absolute Gasteiger partial charge is 0.410 e. The van der Waals surface area contributed by atoms with Gasteiger partial charge >= 0.3 is 12.2 Å². The Labute approximate surface area is 238 Å². The van der Waals surface area contributed by atoms with E-state index in [1.165, 1.54) is 12.1 Å². The van der Waals surface area contributed by atoms with Crippen LogP contribution in [0.4, 0.5) is 21.0 Å². The van der Waals surface area contributed by atoms with Crippen molar-refractivity contribution in [3.8, 4) is 0 Å². The van der Waals surface area contributed by atoms with Crippen molar-refractivity contribution in [2.24, 2.45) is 0 Å². The van der Waals surface area contributed by atoms with Gasteiger partial charge in [-0.05, 0) is 69.9 Å². The summed E-state index contributed by atoms with van der Waals surface area (Å²) in [5.74, 6) is 0. The molecule has 2 aliphatic heterocycles. The van der Waals surface area contributed by atoms with Crippen LogP contribution in [-0.4, -0.2) is 57.0 Å². The summed E-state index contributed by atoms with van der Waals surface area (Å²) in [4.78, 5) is 50.9. The first kappa shape index (κ1) is 29.8. The van der Waals surface area contributed by atoms with E-state index in [0.29, 0.717) is 24.2 Å². The Morgan fingerprint density at radius 3 is 1.54 bits per heavy atom. The standard InChI is InChI=1S/C29H36N4O8/c34-28(40-20-22-10-1-3-16-26(22)32(36)37)30-18-7-5-12-24(30)14-9-15-25-13-6-8-19-31(25)29(35)41-21-23-11-2-4-17-27(23)33(38)39/h1-4,10-11,16-17,24-25H,5-9,12-15,18-21H2. The number of piperidine rings is 2. The Morgan fingerprint density at radius 1 is 0.707 bits per heavy atom. The maximum absolute atomic E-state index is 12.9. The quantitative estimate of drug-likeness (QED) is 0.238. The number of nitrogens with zero attached hydrogens (tertiary/aromatic N) is 4. The summed E-state index contributed by atoms with van der Waals surface area (Å²) >= 11 is 0. The maximum Gasteiger partial charge on any atom is 0.410 e. The van der Waals surface area contributed by atoms with Crippen LogP contribution in [0.1, 0.15) is 68.9 Å². The largest absolute Gasteiger partial charge is 0.444 e. The van der Waals surface area contributed by atoms with Crippen molar-refractivity contribution >= 4 is 23.6 Å². The second kappa shape index (κ2) is 14.4. The fraction of sp³-hybridized carbons (Fsp3) is 0.517. The number of rotatable bonds is 10. The van der Waals surface area contributed by atoms with Crippen LogP contribution in [0.2, 0.25) is 0 Å². The highest BCUT2D eigenvalue weighted by Gasteiger charge is 2.31. The second-order valence-electron chi connectivity index (χ2n) is 10.5. The molecule has 2 fully saturated rings. The molecule has 4 rings (SSSR count). The summed E-state index contributed by atoms with van der Waals surface area (Å²) in [6.07, 6.45) is 6.86. The SMILES string of the molecule is O=C(OCc1ccccc1[N+](=O)[O-])N1CCCCC1CCCC1CCCCN1C(=O)OCc1ccccc1[N+](=O)[O-].